The molecule has 0 bridgehead atoms. The summed E-state index contributed by atoms with van der Waals surface area (Å²) in [6.45, 7) is -0.699. The fourth-order valence-electron chi connectivity index (χ4n) is 2.48. The Morgan fingerprint density at radius 3 is 2.79 bits per heavy atom. The van der Waals surface area contributed by atoms with Crippen molar-refractivity contribution in [1.82, 2.24) is 4.90 Å². The summed E-state index contributed by atoms with van der Waals surface area (Å²) < 4.78 is 56.1. The smallest absolute Gasteiger partial charge is 0.416 e. The number of rotatable bonds is 6. The van der Waals surface area contributed by atoms with Gasteiger partial charge in [0.05, 0.1) is 17.3 Å². The number of nitrogens with zero attached hydrogens (tertiary/aromatic N) is 1. The highest BCUT2D eigenvalue weighted by Crippen LogP contribution is 2.35. The predicted molar refractivity (Wildman–Crippen MR) is 77.3 cm³/mol. The van der Waals surface area contributed by atoms with E-state index in [9.17, 15) is 27.2 Å². The molecule has 1 aliphatic rings. The molecule has 2 amide bonds. The Kier molecular flexibility index (Phi) is 5.63. The van der Waals surface area contributed by atoms with Gasteiger partial charge in [-0.2, -0.15) is 13.2 Å². The molecule has 1 N–H and O–H groups in total. The van der Waals surface area contributed by atoms with Crippen LogP contribution < -0.4 is 10.1 Å². The first-order chi connectivity index (χ1) is 11.3. The third kappa shape index (κ3) is 4.36. The molecule has 5 nitrogen and oxygen atoms in total. The number of benzene rings is 1. The number of likely N-dealkylation sites (tertiary alicyclic amines) is 1. The summed E-state index contributed by atoms with van der Waals surface area (Å²) in [6.07, 6.45) is -2.39. The van der Waals surface area contributed by atoms with Gasteiger partial charge < -0.3 is 15.0 Å². The maximum absolute atomic E-state index is 12.8. The molecular weight excluding hydrogens is 332 g/mol. The Morgan fingerprint density at radius 2 is 2.17 bits per heavy atom. The maximum atomic E-state index is 12.8. The molecule has 1 fully saturated rings. The largest absolute Gasteiger partial charge is 0.489 e. The van der Waals surface area contributed by atoms with Crippen LogP contribution in [0.1, 0.15) is 18.4 Å². The highest BCUT2D eigenvalue weighted by Gasteiger charge is 2.31. The van der Waals surface area contributed by atoms with E-state index < -0.39 is 24.3 Å². The first kappa shape index (κ1) is 18.0. The molecule has 1 heterocycles. The van der Waals surface area contributed by atoms with Crippen molar-refractivity contribution in [2.24, 2.45) is 0 Å². The predicted octanol–water partition coefficient (Wildman–Crippen LogP) is 2.61. The van der Waals surface area contributed by atoms with E-state index in [0.717, 1.165) is 18.6 Å². The molecule has 9 heteroatoms. The highest BCUT2D eigenvalue weighted by atomic mass is 19.4. The van der Waals surface area contributed by atoms with Crippen molar-refractivity contribution in [2.75, 3.05) is 25.1 Å². The van der Waals surface area contributed by atoms with Gasteiger partial charge in [-0.3, -0.25) is 9.59 Å². The van der Waals surface area contributed by atoms with E-state index in [1.165, 1.54) is 0 Å². The molecule has 0 aliphatic carbocycles. The number of halogens is 4. The summed E-state index contributed by atoms with van der Waals surface area (Å²) in [5.74, 6) is -1.09. The molecular formula is C15H16F4N2O3. The molecule has 0 spiro atoms. The van der Waals surface area contributed by atoms with E-state index in [1.54, 1.807) is 4.90 Å². The lowest BCUT2D eigenvalue weighted by Gasteiger charge is -2.21. The van der Waals surface area contributed by atoms with Crippen LogP contribution in [0.15, 0.2) is 18.2 Å². The van der Waals surface area contributed by atoms with Gasteiger partial charge in [0.2, 0.25) is 6.41 Å². The fraction of sp³-hybridized carbons (Fsp3) is 0.467. The molecule has 1 aliphatic heterocycles. The molecule has 2 rings (SSSR count). The van der Waals surface area contributed by atoms with Crippen molar-refractivity contribution in [3.8, 4) is 5.75 Å². The van der Waals surface area contributed by atoms with Crippen molar-refractivity contribution in [3.63, 3.8) is 0 Å². The molecule has 1 saturated heterocycles. The first-order valence-electron chi connectivity index (χ1n) is 7.26. The number of carbonyl (C=O) groups is 2. The number of nitrogens with one attached hydrogen (secondary N) is 1. The lowest BCUT2D eigenvalue weighted by Crippen LogP contribution is -2.33. The van der Waals surface area contributed by atoms with Gasteiger partial charge in [0.1, 0.15) is 12.4 Å². The third-order valence-electron chi connectivity index (χ3n) is 3.69. The summed E-state index contributed by atoms with van der Waals surface area (Å²) in [4.78, 5) is 23.6. The summed E-state index contributed by atoms with van der Waals surface area (Å²) in [6, 6.07) is 2.38. The van der Waals surface area contributed by atoms with E-state index in [0.29, 0.717) is 25.4 Å². The molecule has 1 atom stereocenters. The Balaban J connectivity index is 2.17. The first-order valence-corrected chi connectivity index (χ1v) is 7.26. The average Bonchev–Trinajstić information content (AvgIpc) is 3.00. The number of amides is 2. The number of hydrogen-bond acceptors (Lipinski definition) is 3. The van der Waals surface area contributed by atoms with Crippen molar-refractivity contribution < 1.29 is 31.9 Å². The van der Waals surface area contributed by atoms with Crippen LogP contribution >= 0.6 is 0 Å². The van der Waals surface area contributed by atoms with Crippen molar-refractivity contribution in [3.05, 3.63) is 23.8 Å². The Labute approximate surface area is 135 Å². The van der Waals surface area contributed by atoms with Crippen LogP contribution in [0.5, 0.6) is 5.75 Å². The van der Waals surface area contributed by atoms with Crippen LogP contribution in [-0.4, -0.2) is 43.1 Å². The van der Waals surface area contributed by atoms with Crippen molar-refractivity contribution in [2.45, 2.75) is 25.1 Å². The lowest BCUT2D eigenvalue weighted by molar-refractivity contribution is -0.137. The average molecular weight is 348 g/mol. The topological polar surface area (TPSA) is 58.6 Å². The van der Waals surface area contributed by atoms with E-state index in [1.807, 2.05) is 0 Å². The zero-order valence-corrected chi connectivity index (χ0v) is 12.6. The second-order valence-corrected chi connectivity index (χ2v) is 5.34. The van der Waals surface area contributed by atoms with Gasteiger partial charge >= 0.3 is 6.18 Å². The Morgan fingerprint density at radius 1 is 1.42 bits per heavy atom. The van der Waals surface area contributed by atoms with E-state index in [2.05, 4.69) is 5.32 Å². The molecule has 24 heavy (non-hydrogen) atoms. The summed E-state index contributed by atoms with van der Waals surface area (Å²) in [7, 11) is 0. The van der Waals surface area contributed by atoms with E-state index in [4.69, 9.17) is 4.74 Å². The summed E-state index contributed by atoms with van der Waals surface area (Å²) in [5.41, 5.74) is -1.25. The Bertz CT molecular complexity index is 607. The fourth-order valence-corrected chi connectivity index (χ4v) is 2.48. The molecule has 0 radical (unpaired) electrons. The van der Waals surface area contributed by atoms with E-state index in [-0.39, 0.29) is 24.1 Å². The summed E-state index contributed by atoms with van der Waals surface area (Å²) >= 11 is 0. The van der Waals surface area contributed by atoms with Crippen LogP contribution in [0.25, 0.3) is 0 Å². The van der Waals surface area contributed by atoms with Gasteiger partial charge in [-0.05, 0) is 31.0 Å². The third-order valence-corrected chi connectivity index (χ3v) is 3.69. The zero-order valence-electron chi connectivity index (χ0n) is 12.6. The Hall–Kier alpha value is -2.32. The molecule has 132 valence electrons. The standard InChI is InChI=1S/C15H16F4N2O3/c16-7-14(23)20-12-6-10(15(17,18)19)3-4-13(12)24-8-11-2-1-5-21(11)9-22/h3-4,6,9,11H,1-2,5,7-8H2,(H,20,23)/t11-/m0/s1. The van der Waals surface area contributed by atoms with Gasteiger partial charge in [-0.15, -0.1) is 0 Å². The lowest BCUT2D eigenvalue weighted by atomic mass is 10.1. The van der Waals surface area contributed by atoms with Crippen LogP contribution in [0.4, 0.5) is 23.2 Å². The van der Waals surface area contributed by atoms with Crippen LogP contribution in [0.3, 0.4) is 0 Å². The highest BCUT2D eigenvalue weighted by molar-refractivity contribution is 5.93. The number of carbonyl (C=O) groups excluding carboxylic acids is 2. The van der Waals surface area contributed by atoms with Crippen LogP contribution in [-0.2, 0) is 15.8 Å². The number of hydrogen-bond donors (Lipinski definition) is 1. The molecule has 0 unspecified atom stereocenters. The minimum Gasteiger partial charge on any atom is -0.489 e. The van der Waals surface area contributed by atoms with Gasteiger partial charge in [0.15, 0.2) is 6.67 Å². The van der Waals surface area contributed by atoms with Crippen LogP contribution in [0, 0.1) is 0 Å². The van der Waals surface area contributed by atoms with Gasteiger partial charge in [0, 0.05) is 6.54 Å². The number of alkyl halides is 4. The minimum atomic E-state index is -4.60. The maximum Gasteiger partial charge on any atom is 0.416 e. The zero-order chi connectivity index (χ0) is 17.7. The van der Waals surface area contributed by atoms with Crippen molar-refractivity contribution in [1.29, 1.82) is 0 Å². The van der Waals surface area contributed by atoms with E-state index >= 15 is 0 Å². The van der Waals surface area contributed by atoms with Gasteiger partial charge in [-0.1, -0.05) is 0 Å². The number of anilines is 1. The molecule has 0 aromatic heterocycles. The minimum absolute atomic E-state index is 0.0115. The quantitative estimate of drug-likeness (QED) is 0.635. The SMILES string of the molecule is O=CN1CCC[C@H]1COc1ccc(C(F)(F)F)cc1NC(=O)CF. The van der Waals surface area contributed by atoms with Crippen molar-refractivity contribution >= 4 is 18.0 Å². The summed E-state index contributed by atoms with van der Waals surface area (Å²) in [5, 5.41) is 2.05. The molecule has 1 aromatic rings. The van der Waals surface area contributed by atoms with Gasteiger partial charge in [-0.25, -0.2) is 4.39 Å². The molecule has 1 aromatic carbocycles. The second kappa shape index (κ2) is 7.50. The number of ether oxygens (including phenoxy) is 1. The normalized spacial score (nSPS) is 17.7. The van der Waals surface area contributed by atoms with Gasteiger partial charge in [0.25, 0.3) is 5.91 Å². The second-order valence-electron chi connectivity index (χ2n) is 5.34. The molecule has 0 saturated carbocycles. The monoisotopic (exact) mass is 348 g/mol. The van der Waals surface area contributed by atoms with Crippen LogP contribution in [0.2, 0.25) is 0 Å².